The number of hydrogen-bond acceptors (Lipinski definition) is 5. The summed E-state index contributed by atoms with van der Waals surface area (Å²) in [5.41, 5.74) is 0.462. The van der Waals surface area contributed by atoms with E-state index in [4.69, 9.17) is 0 Å². The lowest BCUT2D eigenvalue weighted by atomic mass is 10.2. The average molecular weight is 303 g/mol. The minimum atomic E-state index is -3.57. The van der Waals surface area contributed by atoms with Gasteiger partial charge in [-0.1, -0.05) is 12.1 Å². The van der Waals surface area contributed by atoms with Crippen molar-refractivity contribution in [1.29, 1.82) is 0 Å². The summed E-state index contributed by atoms with van der Waals surface area (Å²) in [4.78, 5) is 4.16. The second kappa shape index (κ2) is 4.91. The Hall–Kier alpha value is -1.45. The Labute approximate surface area is 111 Å². The fourth-order valence-electron chi connectivity index (χ4n) is 1.63. The van der Waals surface area contributed by atoms with Crippen molar-refractivity contribution in [1.82, 2.24) is 9.44 Å². The molecule has 0 fully saturated rings. The summed E-state index contributed by atoms with van der Waals surface area (Å²) in [7, 11) is -5.61. The smallest absolute Gasteiger partial charge is 0.263 e. The molecule has 0 spiro atoms. The topological polar surface area (TPSA) is 105 Å². The van der Waals surface area contributed by atoms with Crippen LogP contribution in [0.2, 0.25) is 0 Å². The largest absolute Gasteiger partial charge is 0.266 e. The van der Waals surface area contributed by atoms with Crippen molar-refractivity contribution in [3.8, 4) is 0 Å². The van der Waals surface area contributed by atoms with Crippen molar-refractivity contribution < 1.29 is 16.8 Å². The Morgan fingerprint density at radius 1 is 1.32 bits per heavy atom. The van der Waals surface area contributed by atoms with Crippen LogP contribution in [-0.4, -0.2) is 42.0 Å². The summed E-state index contributed by atoms with van der Waals surface area (Å²) < 4.78 is 50.4. The maximum atomic E-state index is 11.8. The van der Waals surface area contributed by atoms with Crippen LogP contribution >= 0.6 is 0 Å². The van der Waals surface area contributed by atoms with E-state index in [0.717, 1.165) is 0 Å². The van der Waals surface area contributed by atoms with Crippen LogP contribution in [0.5, 0.6) is 0 Å². The van der Waals surface area contributed by atoms with Gasteiger partial charge in [-0.25, -0.2) is 21.6 Å². The molecule has 1 heterocycles. The third-order valence-electron chi connectivity index (χ3n) is 2.60. The molecular formula is C10H13N3O4S2. The molecule has 104 valence electrons. The Bertz CT molecular complexity index is 723. The quantitative estimate of drug-likeness (QED) is 0.765. The van der Waals surface area contributed by atoms with Crippen molar-refractivity contribution in [3.05, 3.63) is 29.8 Å². The summed E-state index contributed by atoms with van der Waals surface area (Å²) in [5.74, 6) is -0.0152. The van der Waals surface area contributed by atoms with Gasteiger partial charge in [-0.05, 0) is 19.2 Å². The summed E-state index contributed by atoms with van der Waals surface area (Å²) in [6.07, 6.45) is 0. The van der Waals surface area contributed by atoms with Crippen LogP contribution in [0.25, 0.3) is 0 Å². The van der Waals surface area contributed by atoms with Gasteiger partial charge in [-0.3, -0.25) is 9.71 Å². The van der Waals surface area contributed by atoms with Crippen LogP contribution in [0.4, 0.5) is 0 Å². The Balaban J connectivity index is 2.25. The number of amidine groups is 1. The van der Waals surface area contributed by atoms with E-state index in [1.165, 1.54) is 13.1 Å². The highest BCUT2D eigenvalue weighted by atomic mass is 32.2. The van der Waals surface area contributed by atoms with Crippen LogP contribution in [-0.2, 0) is 20.0 Å². The molecule has 0 aliphatic carbocycles. The van der Waals surface area contributed by atoms with Crippen LogP contribution in [0.15, 0.2) is 34.2 Å². The highest BCUT2D eigenvalue weighted by Crippen LogP contribution is 2.21. The van der Waals surface area contributed by atoms with Gasteiger partial charge in [0, 0.05) is 5.56 Å². The van der Waals surface area contributed by atoms with Crippen LogP contribution < -0.4 is 9.44 Å². The zero-order chi connectivity index (χ0) is 14.1. The highest BCUT2D eigenvalue weighted by molar-refractivity contribution is 7.90. The fourth-order valence-corrected chi connectivity index (χ4v) is 3.42. The number of rotatable bonds is 4. The molecule has 0 amide bonds. The average Bonchev–Trinajstić information content (AvgIpc) is 2.62. The molecule has 2 N–H and O–H groups in total. The number of hydrogen-bond donors (Lipinski definition) is 2. The van der Waals surface area contributed by atoms with E-state index in [-0.39, 0.29) is 23.0 Å². The van der Waals surface area contributed by atoms with Gasteiger partial charge < -0.3 is 0 Å². The van der Waals surface area contributed by atoms with E-state index in [9.17, 15) is 16.8 Å². The molecule has 1 aliphatic heterocycles. The number of sulfonamides is 2. The van der Waals surface area contributed by atoms with Crippen molar-refractivity contribution in [2.75, 3.05) is 19.3 Å². The summed E-state index contributed by atoms with van der Waals surface area (Å²) in [6, 6.07) is 6.41. The SMILES string of the molecule is CNS(=O)(=O)CCN=C1NS(=O)(=O)c2ccccc21. The zero-order valence-electron chi connectivity index (χ0n) is 10.1. The molecule has 1 aliphatic rings. The van der Waals surface area contributed by atoms with Gasteiger partial charge >= 0.3 is 0 Å². The van der Waals surface area contributed by atoms with Crippen molar-refractivity contribution in [3.63, 3.8) is 0 Å². The van der Waals surface area contributed by atoms with Crippen LogP contribution in [0, 0.1) is 0 Å². The van der Waals surface area contributed by atoms with E-state index in [1.54, 1.807) is 18.2 Å². The molecule has 1 aromatic carbocycles. The molecule has 9 heteroatoms. The van der Waals surface area contributed by atoms with Crippen LogP contribution in [0.3, 0.4) is 0 Å². The standard InChI is InChI=1S/C10H13N3O4S2/c1-11-18(14,15)7-6-12-10-8-4-2-3-5-9(8)19(16,17)13-10/h2-5,11H,6-7H2,1H3,(H,12,13). The first-order chi connectivity index (χ1) is 8.86. The Kier molecular flexibility index (Phi) is 3.61. The van der Waals surface area contributed by atoms with Gasteiger partial charge in [-0.15, -0.1) is 0 Å². The van der Waals surface area contributed by atoms with Crippen molar-refractivity contribution in [2.45, 2.75) is 4.90 Å². The van der Waals surface area contributed by atoms with E-state index in [1.807, 2.05) is 0 Å². The molecule has 0 saturated carbocycles. The molecule has 0 unspecified atom stereocenters. The molecule has 0 bridgehead atoms. The van der Waals surface area contributed by atoms with Gasteiger partial charge in [-0.2, -0.15) is 0 Å². The Morgan fingerprint density at radius 3 is 2.68 bits per heavy atom. The van der Waals surface area contributed by atoms with Gasteiger partial charge in [0.15, 0.2) is 0 Å². The monoisotopic (exact) mass is 303 g/mol. The lowest BCUT2D eigenvalue weighted by Crippen LogP contribution is -2.26. The lowest BCUT2D eigenvalue weighted by Gasteiger charge is -2.00. The third kappa shape index (κ3) is 2.94. The normalized spacial score (nSPS) is 19.1. The maximum Gasteiger partial charge on any atom is 0.263 e. The van der Waals surface area contributed by atoms with Gasteiger partial charge in [0.2, 0.25) is 10.0 Å². The number of benzene rings is 1. The van der Waals surface area contributed by atoms with Crippen molar-refractivity contribution >= 4 is 25.9 Å². The van der Waals surface area contributed by atoms with Gasteiger partial charge in [0.05, 0.1) is 17.2 Å². The van der Waals surface area contributed by atoms with Gasteiger partial charge in [0.1, 0.15) is 5.84 Å². The Morgan fingerprint density at radius 2 is 2.00 bits per heavy atom. The number of fused-ring (bicyclic) bond motifs is 1. The minimum Gasteiger partial charge on any atom is -0.266 e. The van der Waals surface area contributed by atoms with Gasteiger partial charge in [0.25, 0.3) is 10.0 Å². The predicted molar refractivity (Wildman–Crippen MR) is 71.0 cm³/mol. The third-order valence-corrected chi connectivity index (χ3v) is 5.34. The highest BCUT2D eigenvalue weighted by Gasteiger charge is 2.29. The molecule has 0 atom stereocenters. The van der Waals surface area contributed by atoms with E-state index < -0.39 is 20.0 Å². The first-order valence-corrected chi connectivity index (χ1v) is 8.57. The maximum absolute atomic E-state index is 11.8. The second-order valence-corrected chi connectivity index (χ2v) is 7.55. The van der Waals surface area contributed by atoms with E-state index in [0.29, 0.717) is 5.56 Å². The molecular weight excluding hydrogens is 290 g/mol. The van der Waals surface area contributed by atoms with Crippen molar-refractivity contribution in [2.24, 2.45) is 4.99 Å². The number of nitrogens with zero attached hydrogens (tertiary/aromatic N) is 1. The fraction of sp³-hybridized carbons (Fsp3) is 0.300. The molecule has 1 aromatic rings. The lowest BCUT2D eigenvalue weighted by molar-refractivity contribution is 0.588. The summed E-state index contributed by atoms with van der Waals surface area (Å²) in [5, 5.41) is 0. The molecule has 19 heavy (non-hydrogen) atoms. The first kappa shape index (κ1) is 14.0. The molecule has 7 nitrogen and oxygen atoms in total. The molecule has 0 aromatic heterocycles. The second-order valence-electron chi connectivity index (χ2n) is 3.85. The van der Waals surface area contributed by atoms with E-state index in [2.05, 4.69) is 14.4 Å². The molecule has 0 radical (unpaired) electrons. The summed E-state index contributed by atoms with van der Waals surface area (Å²) in [6.45, 7) is -0.0185. The summed E-state index contributed by atoms with van der Waals surface area (Å²) >= 11 is 0. The minimum absolute atomic E-state index is 0.0185. The molecule has 2 rings (SSSR count). The van der Waals surface area contributed by atoms with E-state index >= 15 is 0 Å². The van der Waals surface area contributed by atoms with Crippen LogP contribution in [0.1, 0.15) is 5.56 Å². The molecule has 0 saturated heterocycles. The first-order valence-electron chi connectivity index (χ1n) is 5.43. The number of aliphatic imine (C=N–C) groups is 1. The predicted octanol–water partition coefficient (Wildman–Crippen LogP) is -0.726. The number of nitrogens with one attached hydrogen (secondary N) is 2. The zero-order valence-corrected chi connectivity index (χ0v) is 11.8.